The van der Waals surface area contributed by atoms with Gasteiger partial charge < -0.3 is 4.90 Å². The summed E-state index contributed by atoms with van der Waals surface area (Å²) in [7, 11) is 2.20. The minimum atomic E-state index is 1.09. The Balaban J connectivity index is 1.75. The molecule has 1 nitrogen and oxygen atoms in total. The molecular weight excluding hydrogens is 290 g/mol. The Hall–Kier alpha value is -2.80. The number of aryl methyl sites for hydroxylation is 2. The molecule has 0 aromatic heterocycles. The summed E-state index contributed by atoms with van der Waals surface area (Å²) >= 11 is 0. The van der Waals surface area contributed by atoms with Crippen molar-refractivity contribution in [1.82, 2.24) is 0 Å². The number of fused-ring (bicyclic) bond motifs is 4. The fourth-order valence-electron chi connectivity index (χ4n) is 3.97. The van der Waals surface area contributed by atoms with Crippen LogP contribution in [0.5, 0.6) is 0 Å². The van der Waals surface area contributed by atoms with Crippen LogP contribution < -0.4 is 4.90 Å². The van der Waals surface area contributed by atoms with Crippen molar-refractivity contribution in [3.8, 4) is 0 Å². The molecule has 4 aromatic carbocycles. The van der Waals surface area contributed by atoms with Crippen LogP contribution in [0, 0.1) is 0 Å². The molecule has 0 atom stereocenters. The van der Waals surface area contributed by atoms with Crippen LogP contribution in [0.1, 0.15) is 11.1 Å². The highest BCUT2D eigenvalue weighted by molar-refractivity contribution is 5.92. The van der Waals surface area contributed by atoms with Crippen LogP contribution in [0.2, 0.25) is 0 Å². The molecule has 24 heavy (non-hydrogen) atoms. The van der Waals surface area contributed by atoms with E-state index in [-0.39, 0.29) is 0 Å². The first-order valence-electron chi connectivity index (χ1n) is 8.57. The second-order valence-corrected chi connectivity index (χ2v) is 6.72. The van der Waals surface area contributed by atoms with Crippen molar-refractivity contribution in [2.45, 2.75) is 12.8 Å². The van der Waals surface area contributed by atoms with Gasteiger partial charge in [-0.15, -0.1) is 0 Å². The molecule has 0 unspecified atom stereocenters. The van der Waals surface area contributed by atoms with Gasteiger partial charge in [0, 0.05) is 18.4 Å². The lowest BCUT2D eigenvalue weighted by Gasteiger charge is -2.23. The van der Waals surface area contributed by atoms with Crippen molar-refractivity contribution in [3.05, 3.63) is 83.9 Å². The summed E-state index contributed by atoms with van der Waals surface area (Å²) in [5.41, 5.74) is 5.55. The van der Waals surface area contributed by atoms with Crippen LogP contribution in [0.25, 0.3) is 21.5 Å². The van der Waals surface area contributed by atoms with Crippen LogP contribution in [0.3, 0.4) is 0 Å². The lowest BCUT2D eigenvalue weighted by Crippen LogP contribution is -2.11. The van der Waals surface area contributed by atoms with E-state index in [0.717, 1.165) is 12.8 Å². The van der Waals surface area contributed by atoms with Crippen molar-refractivity contribution in [3.63, 3.8) is 0 Å². The monoisotopic (exact) mass is 309 g/mol. The SMILES string of the molecule is CN1c2cc3ccccc3cc2CCc2cc3ccccc3cc21. The second-order valence-electron chi connectivity index (χ2n) is 6.72. The van der Waals surface area contributed by atoms with E-state index < -0.39 is 0 Å². The summed E-state index contributed by atoms with van der Waals surface area (Å²) in [6.07, 6.45) is 2.19. The third-order valence-electron chi connectivity index (χ3n) is 5.28. The van der Waals surface area contributed by atoms with Gasteiger partial charge in [-0.05, 0) is 69.8 Å². The van der Waals surface area contributed by atoms with Gasteiger partial charge in [-0.25, -0.2) is 0 Å². The largest absolute Gasteiger partial charge is 0.344 e. The van der Waals surface area contributed by atoms with Gasteiger partial charge in [0.1, 0.15) is 0 Å². The third kappa shape index (κ3) is 2.01. The van der Waals surface area contributed by atoms with Crippen molar-refractivity contribution < 1.29 is 0 Å². The summed E-state index contributed by atoms with van der Waals surface area (Å²) in [5, 5.41) is 5.29. The minimum Gasteiger partial charge on any atom is -0.344 e. The van der Waals surface area contributed by atoms with E-state index in [0.29, 0.717) is 0 Å². The molecule has 1 heterocycles. The average molecular weight is 309 g/mol. The van der Waals surface area contributed by atoms with Crippen molar-refractivity contribution in [1.29, 1.82) is 0 Å². The summed E-state index contributed by atoms with van der Waals surface area (Å²) in [4.78, 5) is 2.37. The van der Waals surface area contributed by atoms with E-state index in [2.05, 4.69) is 84.7 Å². The van der Waals surface area contributed by atoms with E-state index in [1.807, 2.05) is 0 Å². The number of hydrogen-bond donors (Lipinski definition) is 0. The fourth-order valence-corrected chi connectivity index (χ4v) is 3.97. The van der Waals surface area contributed by atoms with Crippen molar-refractivity contribution in [2.75, 3.05) is 11.9 Å². The van der Waals surface area contributed by atoms with Crippen LogP contribution in [-0.2, 0) is 12.8 Å². The zero-order chi connectivity index (χ0) is 16.1. The van der Waals surface area contributed by atoms with Gasteiger partial charge in [-0.1, -0.05) is 48.5 Å². The maximum atomic E-state index is 2.37. The first kappa shape index (κ1) is 13.6. The molecule has 0 saturated heterocycles. The van der Waals surface area contributed by atoms with Crippen molar-refractivity contribution >= 4 is 32.9 Å². The van der Waals surface area contributed by atoms with Gasteiger partial charge in [0.15, 0.2) is 0 Å². The number of nitrogens with zero attached hydrogens (tertiary/aromatic N) is 1. The highest BCUT2D eigenvalue weighted by Crippen LogP contribution is 2.38. The molecule has 1 aliphatic rings. The summed E-state index contributed by atoms with van der Waals surface area (Å²) in [6.45, 7) is 0. The first-order chi connectivity index (χ1) is 11.8. The Labute approximate surface area is 142 Å². The van der Waals surface area contributed by atoms with Crippen molar-refractivity contribution in [2.24, 2.45) is 0 Å². The standard InChI is InChI=1S/C23H19N/c1-24-22-14-18-8-4-2-6-16(18)12-20(22)10-11-21-13-17-7-3-5-9-19(17)15-23(21)24/h2-9,12-15H,10-11H2,1H3. The Kier molecular flexibility index (Phi) is 2.90. The molecule has 0 saturated carbocycles. The van der Waals surface area contributed by atoms with E-state index in [9.17, 15) is 0 Å². The zero-order valence-electron chi connectivity index (χ0n) is 13.8. The maximum Gasteiger partial charge on any atom is 0.0447 e. The molecule has 1 heteroatoms. The third-order valence-corrected chi connectivity index (χ3v) is 5.28. The molecule has 0 radical (unpaired) electrons. The Morgan fingerprint density at radius 1 is 0.583 bits per heavy atom. The average Bonchev–Trinajstić information content (AvgIpc) is 2.76. The molecule has 0 bridgehead atoms. The van der Waals surface area contributed by atoms with Gasteiger partial charge in [-0.3, -0.25) is 0 Å². The summed E-state index contributed by atoms with van der Waals surface area (Å²) in [5.74, 6) is 0. The molecule has 5 rings (SSSR count). The molecule has 116 valence electrons. The Bertz CT molecular complexity index is 991. The van der Waals surface area contributed by atoms with Gasteiger partial charge in [0.25, 0.3) is 0 Å². The highest BCUT2D eigenvalue weighted by atomic mass is 15.1. The smallest absolute Gasteiger partial charge is 0.0447 e. The van der Waals surface area contributed by atoms with Crippen LogP contribution >= 0.6 is 0 Å². The molecule has 0 amide bonds. The van der Waals surface area contributed by atoms with E-state index in [1.165, 1.54) is 44.0 Å². The lowest BCUT2D eigenvalue weighted by molar-refractivity contribution is 0.981. The topological polar surface area (TPSA) is 3.24 Å². The predicted octanol–water partition coefficient (Wildman–Crippen LogP) is 5.86. The zero-order valence-corrected chi connectivity index (χ0v) is 13.8. The Morgan fingerprint density at radius 2 is 0.958 bits per heavy atom. The Morgan fingerprint density at radius 3 is 1.38 bits per heavy atom. The van der Waals surface area contributed by atoms with Crippen LogP contribution in [0.4, 0.5) is 11.4 Å². The van der Waals surface area contributed by atoms with Gasteiger partial charge in [0.2, 0.25) is 0 Å². The molecule has 0 aliphatic carbocycles. The van der Waals surface area contributed by atoms with Crippen LogP contribution in [0.15, 0.2) is 72.8 Å². The number of anilines is 2. The molecular formula is C23H19N. The quantitative estimate of drug-likeness (QED) is 0.393. The highest BCUT2D eigenvalue weighted by Gasteiger charge is 2.19. The molecule has 0 fully saturated rings. The minimum absolute atomic E-state index is 1.09. The predicted molar refractivity (Wildman–Crippen MR) is 103 cm³/mol. The number of rotatable bonds is 0. The second kappa shape index (κ2) is 5.10. The molecule has 0 spiro atoms. The van der Waals surface area contributed by atoms with Gasteiger partial charge in [0.05, 0.1) is 0 Å². The van der Waals surface area contributed by atoms with Gasteiger partial charge in [-0.2, -0.15) is 0 Å². The molecule has 0 N–H and O–H groups in total. The first-order valence-corrected chi connectivity index (χ1v) is 8.57. The lowest BCUT2D eigenvalue weighted by atomic mass is 9.99. The molecule has 4 aromatic rings. The van der Waals surface area contributed by atoms with E-state index in [1.54, 1.807) is 0 Å². The van der Waals surface area contributed by atoms with E-state index in [4.69, 9.17) is 0 Å². The maximum absolute atomic E-state index is 2.37. The fraction of sp³-hybridized carbons (Fsp3) is 0.130. The summed E-state index contributed by atoms with van der Waals surface area (Å²) in [6, 6.07) is 26.7. The normalized spacial score (nSPS) is 13.6. The number of hydrogen-bond acceptors (Lipinski definition) is 1. The number of benzene rings is 4. The molecule has 1 aliphatic heterocycles. The summed E-state index contributed by atoms with van der Waals surface area (Å²) < 4.78 is 0. The van der Waals surface area contributed by atoms with E-state index >= 15 is 0 Å². The van der Waals surface area contributed by atoms with Gasteiger partial charge >= 0.3 is 0 Å². The van der Waals surface area contributed by atoms with Crippen LogP contribution in [-0.4, -0.2) is 7.05 Å².